The number of allylic oxidation sites excluding steroid dienone is 1. The van der Waals surface area contributed by atoms with Crippen LogP contribution in [-0.4, -0.2) is 18.6 Å². The highest BCUT2D eigenvalue weighted by molar-refractivity contribution is 7.99. The molecule has 0 saturated heterocycles. The molecule has 0 spiro atoms. The summed E-state index contributed by atoms with van der Waals surface area (Å²) < 4.78 is 11.5. The van der Waals surface area contributed by atoms with Crippen LogP contribution in [0.5, 0.6) is 11.5 Å². The minimum absolute atomic E-state index is 0.0442. The molecule has 1 unspecified atom stereocenters. The lowest BCUT2D eigenvalue weighted by molar-refractivity contribution is -0.116. The fourth-order valence-electron chi connectivity index (χ4n) is 2.89. The van der Waals surface area contributed by atoms with E-state index in [0.717, 1.165) is 47.0 Å². The monoisotopic (exact) mass is 290 g/mol. The Hall–Kier alpha value is -1.42. The molecule has 3 rings (SSSR count). The zero-order valence-electron chi connectivity index (χ0n) is 11.8. The average molecular weight is 290 g/mol. The summed E-state index contributed by atoms with van der Waals surface area (Å²) in [5.41, 5.74) is 1.87. The molecule has 1 aromatic carbocycles. The van der Waals surface area contributed by atoms with Gasteiger partial charge in [-0.15, -0.1) is 11.8 Å². The van der Waals surface area contributed by atoms with Gasteiger partial charge >= 0.3 is 0 Å². The number of hydrogen-bond donors (Lipinski definition) is 0. The lowest BCUT2D eigenvalue weighted by Gasteiger charge is -2.32. The van der Waals surface area contributed by atoms with Crippen molar-refractivity contribution >= 4 is 17.5 Å². The number of methoxy groups -OCH3 is 1. The summed E-state index contributed by atoms with van der Waals surface area (Å²) in [4.78, 5) is 12.3. The van der Waals surface area contributed by atoms with Crippen LogP contribution in [0.1, 0.15) is 37.0 Å². The third-order valence-electron chi connectivity index (χ3n) is 3.75. The molecule has 0 saturated carbocycles. The Morgan fingerprint density at radius 1 is 1.40 bits per heavy atom. The van der Waals surface area contributed by atoms with Gasteiger partial charge < -0.3 is 9.47 Å². The standard InChI is InChI=1S/C16H18O3S/c1-3-20-16-14-10(17)6-4-8-12(14)19-13-9-5-7-11(18-2)15(13)16/h5,7,9,16H,3-4,6,8H2,1-2H3. The zero-order valence-corrected chi connectivity index (χ0v) is 12.6. The number of carbonyl (C=O) groups is 1. The van der Waals surface area contributed by atoms with Gasteiger partial charge in [0, 0.05) is 12.8 Å². The van der Waals surface area contributed by atoms with E-state index in [9.17, 15) is 4.79 Å². The van der Waals surface area contributed by atoms with Gasteiger partial charge in [-0.3, -0.25) is 4.79 Å². The highest BCUT2D eigenvalue weighted by atomic mass is 32.2. The first-order chi connectivity index (χ1) is 9.76. The largest absolute Gasteiger partial charge is 0.496 e. The lowest BCUT2D eigenvalue weighted by atomic mass is 9.88. The Morgan fingerprint density at radius 2 is 2.25 bits per heavy atom. The van der Waals surface area contributed by atoms with Crippen molar-refractivity contribution < 1.29 is 14.3 Å². The van der Waals surface area contributed by atoms with Crippen molar-refractivity contribution in [3.8, 4) is 11.5 Å². The van der Waals surface area contributed by atoms with Crippen LogP contribution in [0.25, 0.3) is 0 Å². The Balaban J connectivity index is 2.15. The molecular weight excluding hydrogens is 272 g/mol. The predicted octanol–water partition coefficient (Wildman–Crippen LogP) is 3.89. The van der Waals surface area contributed by atoms with Gasteiger partial charge in [0.1, 0.15) is 17.3 Å². The number of hydrogen-bond acceptors (Lipinski definition) is 4. The van der Waals surface area contributed by atoms with Crippen LogP contribution in [-0.2, 0) is 4.79 Å². The van der Waals surface area contributed by atoms with Crippen molar-refractivity contribution in [1.82, 2.24) is 0 Å². The third kappa shape index (κ3) is 2.12. The molecular formula is C16H18O3S. The summed E-state index contributed by atoms with van der Waals surface area (Å²) in [7, 11) is 1.66. The van der Waals surface area contributed by atoms with E-state index < -0.39 is 0 Å². The molecule has 4 heteroatoms. The quantitative estimate of drug-likeness (QED) is 0.846. The summed E-state index contributed by atoms with van der Waals surface area (Å²) >= 11 is 1.78. The fraction of sp³-hybridized carbons (Fsp3) is 0.438. The van der Waals surface area contributed by atoms with E-state index in [2.05, 4.69) is 6.92 Å². The first-order valence-corrected chi connectivity index (χ1v) is 8.03. The first kappa shape index (κ1) is 13.6. The van der Waals surface area contributed by atoms with Crippen molar-refractivity contribution in [2.24, 2.45) is 0 Å². The number of carbonyl (C=O) groups excluding carboxylic acids is 1. The van der Waals surface area contributed by atoms with Gasteiger partial charge in [-0.05, 0) is 24.3 Å². The van der Waals surface area contributed by atoms with Crippen LogP contribution in [0.2, 0.25) is 0 Å². The Bertz CT molecular complexity index is 577. The molecule has 0 aromatic heterocycles. The highest BCUT2D eigenvalue weighted by Crippen LogP contribution is 2.51. The van der Waals surface area contributed by atoms with Gasteiger partial charge in [0.05, 0.1) is 23.5 Å². The van der Waals surface area contributed by atoms with Crippen LogP contribution in [0, 0.1) is 0 Å². The molecule has 106 valence electrons. The maximum atomic E-state index is 12.3. The van der Waals surface area contributed by atoms with E-state index in [1.54, 1.807) is 18.9 Å². The van der Waals surface area contributed by atoms with Crippen molar-refractivity contribution in [1.29, 1.82) is 0 Å². The van der Waals surface area contributed by atoms with Crippen LogP contribution >= 0.6 is 11.8 Å². The number of rotatable bonds is 3. The second kappa shape index (κ2) is 5.52. The molecule has 20 heavy (non-hydrogen) atoms. The third-order valence-corrected chi connectivity index (χ3v) is 4.88. The molecule has 3 nitrogen and oxygen atoms in total. The van der Waals surface area contributed by atoms with E-state index in [-0.39, 0.29) is 11.0 Å². The molecule has 0 bridgehead atoms. The summed E-state index contributed by atoms with van der Waals surface area (Å²) in [6.07, 6.45) is 2.38. The fourth-order valence-corrected chi connectivity index (χ4v) is 4.05. The number of ketones is 1. The second-order valence-electron chi connectivity index (χ2n) is 4.92. The number of fused-ring (bicyclic) bond motifs is 1. The number of Topliss-reactive ketones (excluding diaryl/α,β-unsaturated/α-hetero) is 1. The van der Waals surface area contributed by atoms with Gasteiger partial charge in [0.15, 0.2) is 5.78 Å². The van der Waals surface area contributed by atoms with E-state index >= 15 is 0 Å². The number of benzene rings is 1. The molecule has 1 aliphatic carbocycles. The average Bonchev–Trinajstić information content (AvgIpc) is 2.46. The molecule has 0 N–H and O–H groups in total. The predicted molar refractivity (Wildman–Crippen MR) is 80.4 cm³/mol. The molecule has 0 radical (unpaired) electrons. The van der Waals surface area contributed by atoms with Gasteiger partial charge in [0.25, 0.3) is 0 Å². The normalized spacial score (nSPS) is 21.1. The maximum Gasteiger partial charge on any atom is 0.163 e. The van der Waals surface area contributed by atoms with Crippen LogP contribution in [0.4, 0.5) is 0 Å². The second-order valence-corrected chi connectivity index (χ2v) is 6.31. The molecule has 1 heterocycles. The van der Waals surface area contributed by atoms with Crippen LogP contribution in [0.15, 0.2) is 29.5 Å². The Kier molecular flexibility index (Phi) is 3.74. The summed E-state index contributed by atoms with van der Waals surface area (Å²) in [6, 6.07) is 5.83. The van der Waals surface area contributed by atoms with Crippen LogP contribution in [0.3, 0.4) is 0 Å². The summed E-state index contributed by atoms with van der Waals surface area (Å²) in [5, 5.41) is 0.0442. The molecule has 1 aromatic rings. The number of ether oxygens (including phenoxy) is 2. The maximum absolute atomic E-state index is 12.3. The molecule has 1 atom stereocenters. The highest BCUT2D eigenvalue weighted by Gasteiger charge is 2.37. The Morgan fingerprint density at radius 3 is 3.00 bits per heavy atom. The topological polar surface area (TPSA) is 35.5 Å². The van der Waals surface area contributed by atoms with E-state index in [1.807, 2.05) is 18.2 Å². The number of thioether (sulfide) groups is 1. The Labute approximate surface area is 123 Å². The lowest BCUT2D eigenvalue weighted by Crippen LogP contribution is -2.24. The minimum Gasteiger partial charge on any atom is -0.496 e. The van der Waals surface area contributed by atoms with Crippen molar-refractivity contribution in [3.05, 3.63) is 35.1 Å². The van der Waals surface area contributed by atoms with Crippen molar-refractivity contribution in [2.75, 3.05) is 12.9 Å². The van der Waals surface area contributed by atoms with Gasteiger partial charge in [0.2, 0.25) is 0 Å². The van der Waals surface area contributed by atoms with Gasteiger partial charge in [-0.2, -0.15) is 0 Å². The van der Waals surface area contributed by atoms with Crippen LogP contribution < -0.4 is 9.47 Å². The van der Waals surface area contributed by atoms with E-state index in [0.29, 0.717) is 6.42 Å². The summed E-state index contributed by atoms with van der Waals surface area (Å²) in [6.45, 7) is 2.11. The van der Waals surface area contributed by atoms with Gasteiger partial charge in [-0.1, -0.05) is 13.0 Å². The molecule has 0 amide bonds. The molecule has 0 fully saturated rings. The van der Waals surface area contributed by atoms with E-state index in [4.69, 9.17) is 9.47 Å². The zero-order chi connectivity index (χ0) is 14.1. The van der Waals surface area contributed by atoms with E-state index in [1.165, 1.54) is 0 Å². The molecule has 2 aliphatic rings. The van der Waals surface area contributed by atoms with Gasteiger partial charge in [-0.25, -0.2) is 0 Å². The summed E-state index contributed by atoms with van der Waals surface area (Å²) in [5.74, 6) is 3.69. The molecule has 1 aliphatic heterocycles. The van der Waals surface area contributed by atoms with Crippen molar-refractivity contribution in [2.45, 2.75) is 31.4 Å². The SMILES string of the molecule is CCSC1C2=C(CCCC2=O)Oc2cccc(OC)c21. The minimum atomic E-state index is 0.0442. The first-order valence-electron chi connectivity index (χ1n) is 6.98. The smallest absolute Gasteiger partial charge is 0.163 e. The van der Waals surface area contributed by atoms with Crippen molar-refractivity contribution in [3.63, 3.8) is 0 Å².